The second-order valence-electron chi connectivity index (χ2n) is 8.26. The van der Waals surface area contributed by atoms with Gasteiger partial charge >= 0.3 is 0 Å². The first-order chi connectivity index (χ1) is 15.0. The second kappa shape index (κ2) is 7.88. The fourth-order valence-corrected chi connectivity index (χ4v) is 6.09. The molecule has 8 heteroatoms. The first-order valence-electron chi connectivity index (χ1n) is 10.5. The summed E-state index contributed by atoms with van der Waals surface area (Å²) in [6.07, 6.45) is -1.16. The Balaban J connectivity index is 1.55. The van der Waals surface area contributed by atoms with Gasteiger partial charge in [0.15, 0.2) is 4.93 Å². The van der Waals surface area contributed by atoms with Crippen molar-refractivity contribution in [1.82, 2.24) is 9.78 Å². The molecular weight excluding hydrogens is 416 g/mol. The largest absolute Gasteiger partial charge is 0.395 e. The van der Waals surface area contributed by atoms with Gasteiger partial charge in [-0.05, 0) is 35.2 Å². The number of aliphatic hydroxyl groups excluding tert-OH is 4. The van der Waals surface area contributed by atoms with E-state index in [9.17, 15) is 20.4 Å². The summed E-state index contributed by atoms with van der Waals surface area (Å²) in [5, 5.41) is 46.1. The van der Waals surface area contributed by atoms with E-state index in [1.807, 2.05) is 23.0 Å². The van der Waals surface area contributed by atoms with E-state index in [0.717, 1.165) is 34.0 Å². The normalized spacial score (nSPS) is 30.2. The van der Waals surface area contributed by atoms with Gasteiger partial charge in [-0.2, -0.15) is 5.10 Å². The number of thioether (sulfide) groups is 1. The monoisotopic (exact) mass is 442 g/mol. The second-order valence-corrected chi connectivity index (χ2v) is 9.71. The molecule has 0 saturated carbocycles. The zero-order valence-electron chi connectivity index (χ0n) is 17.2. The number of fused-ring (bicyclic) bond motifs is 3. The van der Waals surface area contributed by atoms with Gasteiger partial charge < -0.3 is 25.2 Å². The first-order valence-corrected chi connectivity index (χ1v) is 11.4. The molecule has 5 rings (SSSR count). The van der Waals surface area contributed by atoms with Gasteiger partial charge in [0.1, 0.15) is 12.2 Å². The minimum absolute atomic E-state index is 0.278. The number of ether oxygens (including phenoxy) is 1. The van der Waals surface area contributed by atoms with Crippen LogP contribution in [0.5, 0.6) is 0 Å². The standard InChI is InChI=1S/C23H26N2O5S/c1-2-13-3-5-14(6-4-13)10-25-18-8-17-16(7-15(18)9-24-25)12-30-23(17)22(29)21(28)20(27)19(11-26)31-23/h3-9,19-22,26-29H,2,10-12H2,1H3/t19-,20-,21+,22-,23+/m1/s1. The summed E-state index contributed by atoms with van der Waals surface area (Å²) in [4.78, 5) is -1.24. The summed E-state index contributed by atoms with van der Waals surface area (Å²) in [7, 11) is 0. The summed E-state index contributed by atoms with van der Waals surface area (Å²) < 4.78 is 7.95. The van der Waals surface area contributed by atoms with E-state index in [1.54, 1.807) is 0 Å². The predicted octanol–water partition coefficient (Wildman–Crippen LogP) is 1.52. The molecule has 7 nitrogen and oxygen atoms in total. The summed E-state index contributed by atoms with van der Waals surface area (Å²) in [5.74, 6) is 0. The van der Waals surface area contributed by atoms with Gasteiger partial charge in [-0.25, -0.2) is 0 Å². The van der Waals surface area contributed by atoms with Gasteiger partial charge in [-0.3, -0.25) is 4.68 Å². The van der Waals surface area contributed by atoms with Crippen LogP contribution in [0.1, 0.15) is 29.2 Å². The Morgan fingerprint density at radius 2 is 1.87 bits per heavy atom. The molecule has 1 fully saturated rings. The summed E-state index contributed by atoms with van der Waals surface area (Å²) >= 11 is 1.17. The SMILES string of the molecule is CCc1ccc(Cn2ncc3cc4c(cc32)[C@]2(OC4)S[C@H](CO)[C@@H](O)[C@H](O)[C@H]2O)cc1. The average molecular weight is 443 g/mol. The third kappa shape index (κ3) is 3.29. The molecule has 0 unspecified atom stereocenters. The third-order valence-corrected chi connectivity index (χ3v) is 8.06. The van der Waals surface area contributed by atoms with Crippen LogP contribution in [0, 0.1) is 0 Å². The van der Waals surface area contributed by atoms with E-state index in [-0.39, 0.29) is 13.2 Å². The fourth-order valence-electron chi connectivity index (χ4n) is 4.54. The molecule has 0 amide bonds. The predicted molar refractivity (Wildman–Crippen MR) is 118 cm³/mol. The van der Waals surface area contributed by atoms with Crippen molar-refractivity contribution in [3.05, 3.63) is 64.8 Å². The molecular formula is C23H26N2O5S. The van der Waals surface area contributed by atoms with Crippen LogP contribution in [0.25, 0.3) is 10.9 Å². The molecule has 164 valence electrons. The van der Waals surface area contributed by atoms with Crippen molar-refractivity contribution in [3.63, 3.8) is 0 Å². The number of hydrogen-bond acceptors (Lipinski definition) is 7. The Kier molecular flexibility index (Phi) is 5.32. The molecule has 1 spiro atoms. The smallest absolute Gasteiger partial charge is 0.169 e. The number of hydrogen-bond donors (Lipinski definition) is 4. The van der Waals surface area contributed by atoms with Gasteiger partial charge in [0.2, 0.25) is 0 Å². The Labute approximate surface area is 184 Å². The molecule has 2 aliphatic rings. The van der Waals surface area contributed by atoms with Crippen LogP contribution in [0.4, 0.5) is 0 Å². The van der Waals surface area contributed by atoms with Gasteiger partial charge in [0.25, 0.3) is 0 Å². The summed E-state index contributed by atoms with van der Waals surface area (Å²) in [6, 6.07) is 12.4. The molecule has 3 heterocycles. The quantitative estimate of drug-likeness (QED) is 0.485. The van der Waals surface area contributed by atoms with Crippen molar-refractivity contribution in [2.75, 3.05) is 6.61 Å². The van der Waals surface area contributed by atoms with E-state index in [1.165, 1.54) is 17.3 Å². The van der Waals surface area contributed by atoms with Gasteiger partial charge in [-0.1, -0.05) is 31.2 Å². The lowest BCUT2D eigenvalue weighted by molar-refractivity contribution is -0.147. The van der Waals surface area contributed by atoms with Crippen molar-refractivity contribution in [2.45, 2.75) is 55.0 Å². The molecule has 5 atom stereocenters. The molecule has 2 aliphatic heterocycles. The lowest BCUT2D eigenvalue weighted by Crippen LogP contribution is -2.58. The van der Waals surface area contributed by atoms with Gasteiger partial charge in [0, 0.05) is 10.9 Å². The molecule has 1 saturated heterocycles. The molecule has 0 bridgehead atoms. The van der Waals surface area contributed by atoms with E-state index in [0.29, 0.717) is 6.54 Å². The highest BCUT2D eigenvalue weighted by atomic mass is 32.2. The Bertz CT molecular complexity index is 1100. The van der Waals surface area contributed by atoms with Crippen molar-refractivity contribution >= 4 is 22.7 Å². The van der Waals surface area contributed by atoms with Crippen molar-refractivity contribution in [3.8, 4) is 0 Å². The van der Waals surface area contributed by atoms with Gasteiger partial charge in [0.05, 0.1) is 42.8 Å². The number of rotatable bonds is 4. The Morgan fingerprint density at radius 3 is 2.58 bits per heavy atom. The Morgan fingerprint density at radius 1 is 1.13 bits per heavy atom. The minimum Gasteiger partial charge on any atom is -0.395 e. The fraction of sp³-hybridized carbons (Fsp3) is 0.435. The van der Waals surface area contributed by atoms with Gasteiger partial charge in [-0.15, -0.1) is 11.8 Å². The highest BCUT2D eigenvalue weighted by molar-refractivity contribution is 8.00. The molecule has 4 N–H and O–H groups in total. The Hall–Kier alpha value is -1.94. The number of aliphatic hydroxyl groups is 4. The number of benzene rings is 2. The lowest BCUT2D eigenvalue weighted by atomic mass is 9.92. The van der Waals surface area contributed by atoms with Crippen LogP contribution in [-0.2, 0) is 29.2 Å². The summed E-state index contributed by atoms with van der Waals surface area (Å²) in [5.41, 5.74) is 4.99. The van der Waals surface area contributed by atoms with Crippen LogP contribution in [0.3, 0.4) is 0 Å². The van der Waals surface area contributed by atoms with E-state index < -0.39 is 28.5 Å². The average Bonchev–Trinajstić information content (AvgIpc) is 3.35. The number of aromatic nitrogens is 2. The summed E-state index contributed by atoms with van der Waals surface area (Å²) in [6.45, 7) is 2.68. The van der Waals surface area contributed by atoms with E-state index in [2.05, 4.69) is 36.3 Å². The van der Waals surface area contributed by atoms with Crippen LogP contribution in [0.2, 0.25) is 0 Å². The molecule has 0 aliphatic carbocycles. The molecule has 31 heavy (non-hydrogen) atoms. The van der Waals surface area contributed by atoms with Crippen molar-refractivity contribution < 1.29 is 25.2 Å². The molecule has 0 radical (unpaired) electrons. The number of nitrogens with zero attached hydrogens (tertiary/aromatic N) is 2. The maximum Gasteiger partial charge on any atom is 0.169 e. The molecule has 2 aromatic carbocycles. The zero-order valence-corrected chi connectivity index (χ0v) is 18.0. The van der Waals surface area contributed by atoms with E-state index >= 15 is 0 Å². The lowest BCUT2D eigenvalue weighted by Gasteiger charge is -2.45. The topological polar surface area (TPSA) is 108 Å². The third-order valence-electron chi connectivity index (χ3n) is 6.40. The first kappa shape index (κ1) is 20.9. The highest BCUT2D eigenvalue weighted by Crippen LogP contribution is 2.54. The van der Waals surface area contributed by atoms with Crippen LogP contribution >= 0.6 is 11.8 Å². The molecule has 1 aromatic heterocycles. The van der Waals surface area contributed by atoms with Crippen LogP contribution in [-0.4, -0.2) is 60.4 Å². The molecule has 3 aromatic rings. The maximum absolute atomic E-state index is 10.9. The highest BCUT2D eigenvalue weighted by Gasteiger charge is 2.57. The minimum atomic E-state index is -1.41. The maximum atomic E-state index is 10.9. The van der Waals surface area contributed by atoms with Crippen molar-refractivity contribution in [2.24, 2.45) is 0 Å². The van der Waals surface area contributed by atoms with Crippen molar-refractivity contribution in [1.29, 1.82) is 0 Å². The zero-order chi connectivity index (χ0) is 21.8. The number of aryl methyl sites for hydroxylation is 1. The van der Waals surface area contributed by atoms with E-state index in [4.69, 9.17) is 4.74 Å². The van der Waals surface area contributed by atoms with Crippen LogP contribution in [0.15, 0.2) is 42.6 Å². The van der Waals surface area contributed by atoms with Crippen LogP contribution < -0.4 is 0 Å².